The van der Waals surface area contributed by atoms with E-state index in [9.17, 15) is 14.4 Å². The minimum atomic E-state index is -0.495. The zero-order chi connectivity index (χ0) is 29.2. The van der Waals surface area contributed by atoms with E-state index in [2.05, 4.69) is 46.7 Å². The van der Waals surface area contributed by atoms with E-state index < -0.39 is 5.91 Å². The van der Waals surface area contributed by atoms with Gasteiger partial charge in [-0.25, -0.2) is 9.97 Å². The second-order valence-electron chi connectivity index (χ2n) is 9.34. The fourth-order valence-electron chi connectivity index (χ4n) is 4.63. The summed E-state index contributed by atoms with van der Waals surface area (Å²) in [5.74, 6) is -0.0913. The summed E-state index contributed by atoms with van der Waals surface area (Å²) >= 11 is 3.46. The predicted octanol–water partition coefficient (Wildman–Crippen LogP) is 4.17. The molecule has 4 rings (SSSR count). The third-order valence-electron chi connectivity index (χ3n) is 6.53. The van der Waals surface area contributed by atoms with Crippen LogP contribution >= 0.6 is 15.9 Å². The average molecular weight is 626 g/mol. The lowest BCUT2D eigenvalue weighted by Crippen LogP contribution is -2.39. The van der Waals surface area contributed by atoms with Gasteiger partial charge in [0.25, 0.3) is 0 Å². The van der Waals surface area contributed by atoms with Gasteiger partial charge in [-0.3, -0.25) is 19.3 Å². The minimum absolute atomic E-state index is 0.185. The molecule has 1 fully saturated rings. The van der Waals surface area contributed by atoms with E-state index in [0.717, 1.165) is 29.5 Å². The summed E-state index contributed by atoms with van der Waals surface area (Å²) in [5.41, 5.74) is 1.86. The van der Waals surface area contributed by atoms with Crippen molar-refractivity contribution in [1.82, 2.24) is 20.2 Å². The molecule has 1 saturated heterocycles. The van der Waals surface area contributed by atoms with Crippen molar-refractivity contribution in [2.75, 3.05) is 44.0 Å². The molecule has 0 spiro atoms. The van der Waals surface area contributed by atoms with Crippen LogP contribution in [-0.2, 0) is 19.1 Å². The number of nitrogens with zero attached hydrogens (tertiary/aromatic N) is 3. The van der Waals surface area contributed by atoms with Gasteiger partial charge in [0.05, 0.1) is 24.9 Å². The maximum atomic E-state index is 12.7. The third-order valence-corrected chi connectivity index (χ3v) is 7.02. The fourth-order valence-corrected chi connectivity index (χ4v) is 5.03. The van der Waals surface area contributed by atoms with Crippen molar-refractivity contribution in [3.63, 3.8) is 0 Å². The number of hydrogen-bond acceptors (Lipinski definition) is 9. The van der Waals surface area contributed by atoms with E-state index in [4.69, 9.17) is 9.47 Å². The fraction of sp³-hybridized carbons (Fsp3) is 0.345. The number of hydrogen-bond donors (Lipinski definition) is 3. The number of fused-ring (bicyclic) bond motifs is 1. The molecule has 1 atom stereocenters. The Morgan fingerprint density at radius 2 is 1.98 bits per heavy atom. The normalized spacial score (nSPS) is 15.1. The zero-order valence-electron chi connectivity index (χ0n) is 23.0. The van der Waals surface area contributed by atoms with Crippen molar-refractivity contribution in [2.45, 2.75) is 32.2 Å². The van der Waals surface area contributed by atoms with Crippen LogP contribution in [0.5, 0.6) is 5.75 Å². The molecular formula is C29H33BrN6O5. The molecule has 0 bridgehead atoms. The van der Waals surface area contributed by atoms with Crippen LogP contribution < -0.4 is 20.7 Å². The van der Waals surface area contributed by atoms with Crippen molar-refractivity contribution >= 4 is 61.8 Å². The molecule has 2 heterocycles. The molecule has 0 saturated carbocycles. The van der Waals surface area contributed by atoms with Crippen molar-refractivity contribution in [3.05, 3.63) is 59.4 Å². The highest BCUT2D eigenvalue weighted by Crippen LogP contribution is 2.33. The summed E-state index contributed by atoms with van der Waals surface area (Å²) in [4.78, 5) is 47.8. The Balaban J connectivity index is 1.33. The molecule has 41 heavy (non-hydrogen) atoms. The van der Waals surface area contributed by atoms with Gasteiger partial charge in [0, 0.05) is 46.9 Å². The second kappa shape index (κ2) is 14.6. The molecule has 12 heteroatoms. The number of ether oxygens (including phenoxy) is 2. The van der Waals surface area contributed by atoms with Gasteiger partial charge in [-0.1, -0.05) is 22.0 Å². The Bertz CT molecular complexity index is 1430. The first-order valence-electron chi connectivity index (χ1n) is 13.4. The number of anilines is 3. The molecule has 2 aromatic carbocycles. The number of likely N-dealkylation sites (tertiary alicyclic amines) is 1. The maximum Gasteiger partial charge on any atom is 0.323 e. The molecule has 2 amide bonds. The predicted molar refractivity (Wildman–Crippen MR) is 160 cm³/mol. The van der Waals surface area contributed by atoms with Crippen LogP contribution in [0.25, 0.3) is 10.9 Å². The first-order chi connectivity index (χ1) is 19.9. The highest BCUT2D eigenvalue weighted by atomic mass is 79.9. The highest BCUT2D eigenvalue weighted by molar-refractivity contribution is 9.10. The number of methoxy groups -OCH3 is 1. The lowest BCUT2D eigenvalue weighted by atomic mass is 10.2. The topological polar surface area (TPSA) is 135 Å². The van der Waals surface area contributed by atoms with Gasteiger partial charge in [-0.15, -0.1) is 0 Å². The van der Waals surface area contributed by atoms with Crippen LogP contribution in [0.4, 0.5) is 17.2 Å². The lowest BCUT2D eigenvalue weighted by molar-refractivity contribution is -0.148. The van der Waals surface area contributed by atoms with Crippen LogP contribution in [0.15, 0.2) is 59.4 Å². The van der Waals surface area contributed by atoms with E-state index in [-0.39, 0.29) is 17.9 Å². The summed E-state index contributed by atoms with van der Waals surface area (Å²) in [5, 5.41) is 9.49. The van der Waals surface area contributed by atoms with Crippen molar-refractivity contribution < 1.29 is 23.9 Å². The summed E-state index contributed by atoms with van der Waals surface area (Å²) in [7, 11) is 1.50. The van der Waals surface area contributed by atoms with Gasteiger partial charge >= 0.3 is 5.97 Å². The molecule has 1 aliphatic rings. The van der Waals surface area contributed by atoms with Crippen LogP contribution in [0.1, 0.15) is 26.2 Å². The van der Waals surface area contributed by atoms with E-state index >= 15 is 0 Å². The molecule has 1 aliphatic heterocycles. The molecule has 1 unspecified atom stereocenters. The zero-order valence-corrected chi connectivity index (χ0v) is 24.6. The number of halogens is 1. The number of nitrogens with one attached hydrogen (secondary N) is 3. The van der Waals surface area contributed by atoms with E-state index in [1.807, 2.05) is 24.3 Å². The molecule has 216 valence electrons. The Morgan fingerprint density at radius 3 is 2.76 bits per heavy atom. The largest absolute Gasteiger partial charge is 0.494 e. The van der Waals surface area contributed by atoms with E-state index in [1.54, 1.807) is 19.1 Å². The molecule has 3 N–H and O–H groups in total. The molecule has 11 nitrogen and oxygen atoms in total. The van der Waals surface area contributed by atoms with Gasteiger partial charge in [-0.2, -0.15) is 0 Å². The molecule has 1 aromatic heterocycles. The monoisotopic (exact) mass is 624 g/mol. The molecule has 0 aliphatic carbocycles. The molecule has 3 aromatic rings. The number of esters is 1. The highest BCUT2D eigenvalue weighted by Gasteiger charge is 2.31. The average Bonchev–Trinajstić information content (AvgIpc) is 3.43. The minimum Gasteiger partial charge on any atom is -0.494 e. The van der Waals surface area contributed by atoms with Gasteiger partial charge in [0.1, 0.15) is 23.9 Å². The standard InChI is InChI=1S/C29H33BrN6O5/c1-3-41-29(39)24-9-5-13-36(24)14-6-12-31-26(37)10-11-27(38)35-23-16-21-22(17-25(23)40-2)32-18-33-28(21)34-20-8-4-7-19(30)15-20/h4,7-8,10-11,15-18,24H,3,5-6,9,12-14H2,1-2H3,(H,31,37)(H,35,38)(H,32,33,34)/b11-10+. The first-order valence-corrected chi connectivity index (χ1v) is 14.2. The maximum absolute atomic E-state index is 12.7. The smallest absolute Gasteiger partial charge is 0.323 e. The van der Waals surface area contributed by atoms with Crippen molar-refractivity contribution in [3.8, 4) is 5.75 Å². The third kappa shape index (κ3) is 8.24. The Hall–Kier alpha value is -4.03. The van der Waals surface area contributed by atoms with Crippen molar-refractivity contribution in [1.29, 1.82) is 0 Å². The molecule has 0 radical (unpaired) electrons. The van der Waals surface area contributed by atoms with Crippen LogP contribution in [0.3, 0.4) is 0 Å². The summed E-state index contributed by atoms with van der Waals surface area (Å²) in [6, 6.07) is 10.9. The Kier molecular flexibility index (Phi) is 10.6. The van der Waals surface area contributed by atoms with Gasteiger partial charge in [0.2, 0.25) is 11.8 Å². The number of rotatable bonds is 12. The van der Waals surface area contributed by atoms with Gasteiger partial charge in [0.15, 0.2) is 0 Å². The van der Waals surface area contributed by atoms with Gasteiger partial charge in [-0.05, 0) is 57.0 Å². The summed E-state index contributed by atoms with van der Waals surface area (Å²) in [6.45, 7) is 4.10. The number of benzene rings is 2. The number of carbonyl (C=O) groups excluding carboxylic acids is 3. The lowest BCUT2D eigenvalue weighted by Gasteiger charge is -2.22. The Morgan fingerprint density at radius 1 is 1.15 bits per heavy atom. The molecular weight excluding hydrogens is 592 g/mol. The van der Waals surface area contributed by atoms with Crippen molar-refractivity contribution in [2.24, 2.45) is 0 Å². The first kappa shape index (κ1) is 29.9. The Labute approximate surface area is 246 Å². The number of amides is 2. The van der Waals surface area contributed by atoms with E-state index in [0.29, 0.717) is 54.3 Å². The summed E-state index contributed by atoms with van der Waals surface area (Å²) in [6.07, 6.45) is 6.22. The van der Waals surface area contributed by atoms with E-state index in [1.165, 1.54) is 25.6 Å². The quantitative estimate of drug-likeness (QED) is 0.154. The van der Waals surface area contributed by atoms with Crippen LogP contribution in [0.2, 0.25) is 0 Å². The SMILES string of the molecule is CCOC(=O)C1CCCN1CCCNC(=O)/C=C/C(=O)Nc1cc2c(Nc3cccc(Br)c3)ncnc2cc1OC. The number of carbonyl (C=O) groups is 3. The van der Waals surface area contributed by atoms with Gasteiger partial charge < -0.3 is 25.4 Å². The van der Waals surface area contributed by atoms with Crippen LogP contribution in [-0.4, -0.2) is 72.0 Å². The van der Waals surface area contributed by atoms with Crippen LogP contribution in [0, 0.1) is 0 Å². The summed E-state index contributed by atoms with van der Waals surface area (Å²) < 4.78 is 11.5. The second-order valence-corrected chi connectivity index (χ2v) is 10.3. The number of aromatic nitrogens is 2.